The molecule has 0 radical (unpaired) electrons. The van der Waals surface area contributed by atoms with Crippen LogP contribution in [0.5, 0.6) is 11.5 Å². The molecule has 1 aromatic carbocycles. The van der Waals surface area contributed by atoms with E-state index in [0.717, 1.165) is 18.4 Å². The highest BCUT2D eigenvalue weighted by Crippen LogP contribution is 2.39. The van der Waals surface area contributed by atoms with Gasteiger partial charge < -0.3 is 20.5 Å². The molecule has 0 fully saturated rings. The zero-order valence-electron chi connectivity index (χ0n) is 20.3. The number of methoxy groups -OCH3 is 1. The molecule has 5 heteroatoms. The van der Waals surface area contributed by atoms with Crippen LogP contribution in [0.2, 0.25) is 0 Å². The summed E-state index contributed by atoms with van der Waals surface area (Å²) in [6, 6.07) is 3.14. The summed E-state index contributed by atoms with van der Waals surface area (Å²) >= 11 is 0. The zero-order valence-corrected chi connectivity index (χ0v) is 20.3. The summed E-state index contributed by atoms with van der Waals surface area (Å²) in [6.45, 7) is 12.4. The molecule has 0 saturated carbocycles. The van der Waals surface area contributed by atoms with Crippen molar-refractivity contribution in [2.45, 2.75) is 110 Å². The highest BCUT2D eigenvalue weighted by molar-refractivity contribution is 5.92. The van der Waals surface area contributed by atoms with Crippen molar-refractivity contribution in [3.8, 4) is 11.5 Å². The van der Waals surface area contributed by atoms with E-state index in [0.29, 0.717) is 11.4 Å². The number of hydrogen-bond acceptors (Lipinski definition) is 3. The summed E-state index contributed by atoms with van der Waals surface area (Å²) in [7, 11) is 1.58. The highest BCUT2D eigenvalue weighted by atomic mass is 16.5. The SMILES string of the molecule is CCCCCCCCCCC(C)(C)NC(=O)Nc1cc(OC)cc(C(C)(C)C)c1O. The Bertz CT molecular complexity index is 663. The first-order valence-corrected chi connectivity index (χ1v) is 11.5. The van der Waals surface area contributed by atoms with Crippen molar-refractivity contribution >= 4 is 11.7 Å². The van der Waals surface area contributed by atoms with Gasteiger partial charge in [-0.15, -0.1) is 0 Å². The molecule has 0 bridgehead atoms. The molecule has 2 amide bonds. The van der Waals surface area contributed by atoms with E-state index in [1.165, 1.54) is 44.9 Å². The molecule has 0 unspecified atom stereocenters. The summed E-state index contributed by atoms with van der Waals surface area (Å²) in [6.07, 6.45) is 11.1. The third-order valence-corrected chi connectivity index (χ3v) is 5.48. The van der Waals surface area contributed by atoms with E-state index in [2.05, 4.69) is 17.6 Å². The van der Waals surface area contributed by atoms with E-state index < -0.39 is 0 Å². The van der Waals surface area contributed by atoms with Crippen molar-refractivity contribution in [1.82, 2.24) is 5.32 Å². The fourth-order valence-corrected chi connectivity index (χ4v) is 3.62. The normalized spacial score (nSPS) is 12.0. The molecule has 0 atom stereocenters. The second-order valence-electron chi connectivity index (χ2n) is 10.0. The molecule has 5 nitrogen and oxygen atoms in total. The van der Waals surface area contributed by atoms with Gasteiger partial charge in [-0.05, 0) is 31.7 Å². The molecule has 1 aromatic rings. The van der Waals surface area contributed by atoms with Gasteiger partial charge in [-0.1, -0.05) is 79.1 Å². The van der Waals surface area contributed by atoms with Crippen molar-refractivity contribution in [3.63, 3.8) is 0 Å². The highest BCUT2D eigenvalue weighted by Gasteiger charge is 2.24. The Hall–Kier alpha value is -1.91. The number of hydrogen-bond donors (Lipinski definition) is 3. The van der Waals surface area contributed by atoms with E-state index >= 15 is 0 Å². The monoisotopic (exact) mass is 420 g/mol. The van der Waals surface area contributed by atoms with Gasteiger partial charge in [0.2, 0.25) is 0 Å². The topological polar surface area (TPSA) is 70.6 Å². The third kappa shape index (κ3) is 9.27. The van der Waals surface area contributed by atoms with Crippen LogP contribution in [0.25, 0.3) is 0 Å². The lowest BCUT2D eigenvalue weighted by atomic mass is 9.85. The van der Waals surface area contributed by atoms with Crippen LogP contribution in [0.15, 0.2) is 12.1 Å². The predicted octanol–water partition coefficient (Wildman–Crippen LogP) is 7.13. The first kappa shape index (κ1) is 26.1. The lowest BCUT2D eigenvalue weighted by Gasteiger charge is -2.27. The Morgan fingerprint density at radius 2 is 1.53 bits per heavy atom. The quantitative estimate of drug-likeness (QED) is 0.249. The standard InChI is InChI=1S/C25H44N2O3/c1-8-9-10-11-12-13-14-15-16-25(5,6)27-23(29)26-21-18-19(30-7)17-20(22(21)28)24(2,3)4/h17-18,28H,8-16H2,1-7H3,(H2,26,27,29). The van der Waals surface area contributed by atoms with E-state index in [1.807, 2.05) is 40.7 Å². The molecule has 30 heavy (non-hydrogen) atoms. The van der Waals surface area contributed by atoms with Crippen molar-refractivity contribution in [2.24, 2.45) is 0 Å². The van der Waals surface area contributed by atoms with E-state index in [1.54, 1.807) is 13.2 Å². The summed E-state index contributed by atoms with van der Waals surface area (Å²) in [5, 5.41) is 16.5. The van der Waals surface area contributed by atoms with Gasteiger partial charge in [0, 0.05) is 17.2 Å². The van der Waals surface area contributed by atoms with Gasteiger partial charge in [0.25, 0.3) is 0 Å². The number of carbonyl (C=O) groups is 1. The van der Waals surface area contributed by atoms with Gasteiger partial charge in [0.1, 0.15) is 11.5 Å². The molecular formula is C25H44N2O3. The van der Waals surface area contributed by atoms with Gasteiger partial charge in [-0.25, -0.2) is 4.79 Å². The van der Waals surface area contributed by atoms with Gasteiger partial charge in [-0.3, -0.25) is 0 Å². The summed E-state index contributed by atoms with van der Waals surface area (Å²) in [5.74, 6) is 0.686. The number of aromatic hydroxyl groups is 1. The maximum atomic E-state index is 12.6. The number of phenols is 1. The lowest BCUT2D eigenvalue weighted by Crippen LogP contribution is -2.45. The van der Waals surface area contributed by atoms with Crippen LogP contribution < -0.4 is 15.4 Å². The van der Waals surface area contributed by atoms with Crippen molar-refractivity contribution < 1.29 is 14.6 Å². The van der Waals surface area contributed by atoms with Gasteiger partial charge >= 0.3 is 6.03 Å². The fraction of sp³-hybridized carbons (Fsp3) is 0.720. The molecule has 0 aliphatic rings. The van der Waals surface area contributed by atoms with Crippen LogP contribution in [-0.4, -0.2) is 23.8 Å². The number of rotatable bonds is 12. The Morgan fingerprint density at radius 3 is 2.07 bits per heavy atom. The lowest BCUT2D eigenvalue weighted by molar-refractivity contribution is 0.238. The number of anilines is 1. The number of amides is 2. The van der Waals surface area contributed by atoms with Crippen LogP contribution in [0.4, 0.5) is 10.5 Å². The Labute approximate surface area is 184 Å². The molecule has 0 saturated heterocycles. The average molecular weight is 421 g/mol. The Kier molecular flexibility index (Phi) is 10.5. The molecule has 172 valence electrons. The van der Waals surface area contributed by atoms with Crippen molar-refractivity contribution in [2.75, 3.05) is 12.4 Å². The van der Waals surface area contributed by atoms with E-state index in [-0.39, 0.29) is 22.7 Å². The smallest absolute Gasteiger partial charge is 0.319 e. The second kappa shape index (κ2) is 12.1. The first-order chi connectivity index (χ1) is 14.0. The fourth-order valence-electron chi connectivity index (χ4n) is 3.62. The second-order valence-corrected chi connectivity index (χ2v) is 10.0. The van der Waals surface area contributed by atoms with Crippen LogP contribution in [0, 0.1) is 0 Å². The first-order valence-electron chi connectivity index (χ1n) is 11.5. The predicted molar refractivity (Wildman–Crippen MR) is 127 cm³/mol. The van der Waals surface area contributed by atoms with E-state index in [4.69, 9.17) is 4.74 Å². The van der Waals surface area contributed by atoms with Crippen LogP contribution in [0.1, 0.15) is 105 Å². The minimum Gasteiger partial charge on any atom is -0.505 e. The number of benzene rings is 1. The molecular weight excluding hydrogens is 376 g/mol. The molecule has 0 aliphatic carbocycles. The van der Waals surface area contributed by atoms with Gasteiger partial charge in [0.05, 0.1) is 12.8 Å². The maximum absolute atomic E-state index is 12.6. The van der Waals surface area contributed by atoms with Gasteiger partial charge in [0.15, 0.2) is 0 Å². The van der Waals surface area contributed by atoms with Crippen LogP contribution in [0.3, 0.4) is 0 Å². The largest absolute Gasteiger partial charge is 0.505 e. The molecule has 1 rings (SSSR count). The number of unbranched alkanes of at least 4 members (excludes halogenated alkanes) is 7. The summed E-state index contributed by atoms with van der Waals surface area (Å²) in [5.41, 5.74) is 0.504. The van der Waals surface area contributed by atoms with Crippen molar-refractivity contribution in [3.05, 3.63) is 17.7 Å². The number of ether oxygens (including phenoxy) is 1. The number of urea groups is 1. The molecule has 0 spiro atoms. The van der Waals surface area contributed by atoms with Gasteiger partial charge in [-0.2, -0.15) is 0 Å². The molecule has 0 heterocycles. The number of phenolic OH excluding ortho intramolecular Hbond substituents is 1. The minimum atomic E-state index is -0.317. The third-order valence-electron chi connectivity index (χ3n) is 5.48. The Morgan fingerprint density at radius 1 is 0.967 bits per heavy atom. The average Bonchev–Trinajstić information content (AvgIpc) is 2.64. The Balaban J connectivity index is 2.58. The zero-order chi connectivity index (χ0) is 22.8. The van der Waals surface area contributed by atoms with Crippen LogP contribution in [-0.2, 0) is 5.41 Å². The summed E-state index contributed by atoms with van der Waals surface area (Å²) < 4.78 is 5.35. The maximum Gasteiger partial charge on any atom is 0.319 e. The number of carbonyl (C=O) groups excluding carboxylic acids is 1. The van der Waals surface area contributed by atoms with E-state index in [9.17, 15) is 9.90 Å². The summed E-state index contributed by atoms with van der Waals surface area (Å²) in [4.78, 5) is 12.6. The molecule has 3 N–H and O–H groups in total. The van der Waals surface area contributed by atoms with Crippen molar-refractivity contribution in [1.29, 1.82) is 0 Å². The number of nitrogens with one attached hydrogen (secondary N) is 2. The molecule has 0 aromatic heterocycles. The minimum absolute atomic E-state index is 0.0827. The molecule has 0 aliphatic heterocycles. The van der Waals surface area contributed by atoms with Crippen LogP contribution >= 0.6 is 0 Å².